The summed E-state index contributed by atoms with van der Waals surface area (Å²) >= 11 is 0. The number of hydrogen-bond donors (Lipinski definition) is 2. The van der Waals surface area contributed by atoms with Gasteiger partial charge in [-0.2, -0.15) is 0 Å². The number of amides is 1. The summed E-state index contributed by atoms with van der Waals surface area (Å²) in [5, 5.41) is 6.11. The predicted octanol–water partition coefficient (Wildman–Crippen LogP) is 0.962. The van der Waals surface area contributed by atoms with Crippen molar-refractivity contribution < 1.29 is 13.2 Å². The van der Waals surface area contributed by atoms with Crippen molar-refractivity contribution in [2.45, 2.75) is 25.3 Å². The molecule has 1 saturated heterocycles. The van der Waals surface area contributed by atoms with E-state index >= 15 is 0 Å². The Bertz CT molecular complexity index is 669. The van der Waals surface area contributed by atoms with Crippen molar-refractivity contribution in [2.24, 2.45) is 0 Å². The first-order valence-electron chi connectivity index (χ1n) is 6.77. The Balaban J connectivity index is 1.77. The SMILES string of the molecule is CC1(NC(=O)c2ccc3c(c2)NCC3)CCS(=O)(=O)C1. The van der Waals surface area contributed by atoms with E-state index in [4.69, 9.17) is 0 Å². The molecule has 1 amide bonds. The molecule has 1 aromatic rings. The maximum Gasteiger partial charge on any atom is 0.251 e. The molecule has 20 heavy (non-hydrogen) atoms. The first kappa shape index (κ1) is 13.4. The van der Waals surface area contributed by atoms with Crippen LogP contribution in [0, 0.1) is 0 Å². The van der Waals surface area contributed by atoms with Gasteiger partial charge in [-0.25, -0.2) is 8.42 Å². The Morgan fingerprint density at radius 2 is 2.20 bits per heavy atom. The Labute approximate surface area is 118 Å². The summed E-state index contributed by atoms with van der Waals surface area (Å²) < 4.78 is 23.1. The van der Waals surface area contributed by atoms with Crippen molar-refractivity contribution in [3.63, 3.8) is 0 Å². The molecule has 2 aliphatic rings. The van der Waals surface area contributed by atoms with Gasteiger partial charge in [0.15, 0.2) is 9.84 Å². The highest BCUT2D eigenvalue weighted by Gasteiger charge is 2.39. The van der Waals surface area contributed by atoms with Gasteiger partial charge in [0.1, 0.15) is 0 Å². The third-order valence-corrected chi connectivity index (χ3v) is 5.90. The molecule has 0 aromatic heterocycles. The van der Waals surface area contributed by atoms with Gasteiger partial charge >= 0.3 is 0 Å². The number of nitrogens with one attached hydrogen (secondary N) is 2. The number of sulfone groups is 1. The standard InChI is InChI=1S/C14H18N2O3S/c1-14(5-7-20(18,19)9-14)16-13(17)11-3-2-10-4-6-15-12(10)8-11/h2-3,8,15H,4-7,9H2,1H3,(H,16,17). The summed E-state index contributed by atoms with van der Waals surface area (Å²) in [7, 11) is -3.02. The fraction of sp³-hybridized carbons (Fsp3) is 0.500. The lowest BCUT2D eigenvalue weighted by Crippen LogP contribution is -2.46. The maximum atomic E-state index is 12.3. The van der Waals surface area contributed by atoms with Gasteiger partial charge in [0, 0.05) is 17.8 Å². The van der Waals surface area contributed by atoms with Gasteiger partial charge in [0.05, 0.1) is 17.0 Å². The predicted molar refractivity (Wildman–Crippen MR) is 77.8 cm³/mol. The van der Waals surface area contributed by atoms with E-state index in [9.17, 15) is 13.2 Å². The smallest absolute Gasteiger partial charge is 0.251 e. The molecule has 2 heterocycles. The Morgan fingerprint density at radius 1 is 1.40 bits per heavy atom. The molecule has 1 atom stereocenters. The van der Waals surface area contributed by atoms with Gasteiger partial charge in [0.2, 0.25) is 0 Å². The van der Waals surface area contributed by atoms with Crippen LogP contribution < -0.4 is 10.6 Å². The minimum absolute atomic E-state index is 0.0227. The molecule has 0 bridgehead atoms. The van der Waals surface area contributed by atoms with Crippen LogP contribution in [-0.2, 0) is 16.3 Å². The average Bonchev–Trinajstić information content (AvgIpc) is 2.92. The normalized spacial score (nSPS) is 26.9. The summed E-state index contributed by atoms with van der Waals surface area (Å²) in [5.41, 5.74) is 2.14. The van der Waals surface area contributed by atoms with Crippen molar-refractivity contribution >= 4 is 21.4 Å². The maximum absolute atomic E-state index is 12.3. The van der Waals surface area contributed by atoms with Crippen molar-refractivity contribution in [3.05, 3.63) is 29.3 Å². The highest BCUT2D eigenvalue weighted by Crippen LogP contribution is 2.25. The monoisotopic (exact) mass is 294 g/mol. The Kier molecular flexibility index (Phi) is 3.01. The number of hydrogen-bond acceptors (Lipinski definition) is 4. The lowest BCUT2D eigenvalue weighted by molar-refractivity contribution is 0.0915. The van der Waals surface area contributed by atoms with Crippen LogP contribution in [0.25, 0.3) is 0 Å². The van der Waals surface area contributed by atoms with Crippen LogP contribution in [0.3, 0.4) is 0 Å². The van der Waals surface area contributed by atoms with Crippen LogP contribution >= 0.6 is 0 Å². The Hall–Kier alpha value is -1.56. The molecule has 3 rings (SSSR count). The Morgan fingerprint density at radius 3 is 2.90 bits per heavy atom. The van der Waals surface area contributed by atoms with Crippen molar-refractivity contribution in [1.82, 2.24) is 5.32 Å². The molecular weight excluding hydrogens is 276 g/mol. The minimum Gasteiger partial charge on any atom is -0.384 e. The van der Waals surface area contributed by atoms with Gasteiger partial charge in [0.25, 0.3) is 5.91 Å². The van der Waals surface area contributed by atoms with E-state index in [1.54, 1.807) is 13.0 Å². The summed E-state index contributed by atoms with van der Waals surface area (Å²) in [6, 6.07) is 5.59. The third kappa shape index (κ3) is 2.52. The fourth-order valence-corrected chi connectivity index (χ4v) is 4.98. The van der Waals surface area contributed by atoms with E-state index in [1.807, 2.05) is 12.1 Å². The summed E-state index contributed by atoms with van der Waals surface area (Å²) in [6.45, 7) is 2.69. The second-order valence-electron chi connectivity index (χ2n) is 5.91. The fourth-order valence-electron chi connectivity index (χ4n) is 2.89. The average molecular weight is 294 g/mol. The molecule has 5 nitrogen and oxygen atoms in total. The molecule has 2 N–H and O–H groups in total. The van der Waals surface area contributed by atoms with Crippen molar-refractivity contribution in [3.8, 4) is 0 Å². The van der Waals surface area contributed by atoms with Gasteiger partial charge < -0.3 is 10.6 Å². The van der Waals surface area contributed by atoms with E-state index in [2.05, 4.69) is 10.6 Å². The van der Waals surface area contributed by atoms with Gasteiger partial charge in [-0.3, -0.25) is 4.79 Å². The third-order valence-electron chi connectivity index (χ3n) is 4.00. The van der Waals surface area contributed by atoms with Gasteiger partial charge in [-0.1, -0.05) is 6.07 Å². The van der Waals surface area contributed by atoms with E-state index in [-0.39, 0.29) is 17.4 Å². The molecule has 2 aliphatic heterocycles. The molecule has 1 fully saturated rings. The van der Waals surface area contributed by atoms with E-state index in [0.29, 0.717) is 12.0 Å². The van der Waals surface area contributed by atoms with E-state index < -0.39 is 15.4 Å². The zero-order valence-corrected chi connectivity index (χ0v) is 12.2. The van der Waals surface area contributed by atoms with Crippen molar-refractivity contribution in [2.75, 3.05) is 23.4 Å². The molecule has 1 unspecified atom stereocenters. The van der Waals surface area contributed by atoms with Crippen molar-refractivity contribution in [1.29, 1.82) is 0 Å². The summed E-state index contributed by atoms with van der Waals surface area (Å²) in [6.07, 6.45) is 1.46. The lowest BCUT2D eigenvalue weighted by Gasteiger charge is -2.24. The zero-order valence-electron chi connectivity index (χ0n) is 11.4. The first-order valence-corrected chi connectivity index (χ1v) is 8.59. The molecule has 0 radical (unpaired) electrons. The molecule has 0 aliphatic carbocycles. The van der Waals surface area contributed by atoms with Crippen LogP contribution in [-0.4, -0.2) is 37.9 Å². The second kappa shape index (κ2) is 4.48. The number of rotatable bonds is 2. The van der Waals surface area contributed by atoms with E-state index in [1.165, 1.54) is 5.56 Å². The zero-order chi connectivity index (χ0) is 14.4. The summed E-state index contributed by atoms with van der Waals surface area (Å²) in [4.78, 5) is 12.3. The number of carbonyl (C=O) groups is 1. The molecule has 0 spiro atoms. The molecule has 6 heteroatoms. The van der Waals surface area contributed by atoms with Crippen LogP contribution in [0.2, 0.25) is 0 Å². The van der Waals surface area contributed by atoms with Gasteiger partial charge in [-0.05, 0) is 37.5 Å². The number of benzene rings is 1. The minimum atomic E-state index is -3.02. The molecular formula is C14H18N2O3S. The number of anilines is 1. The van der Waals surface area contributed by atoms with Gasteiger partial charge in [-0.15, -0.1) is 0 Å². The highest BCUT2D eigenvalue weighted by molar-refractivity contribution is 7.91. The summed E-state index contributed by atoms with van der Waals surface area (Å²) in [5.74, 6) is -0.0362. The quantitative estimate of drug-likeness (QED) is 0.852. The van der Waals surface area contributed by atoms with Crippen LogP contribution in [0.5, 0.6) is 0 Å². The molecule has 108 valence electrons. The molecule has 0 saturated carbocycles. The van der Waals surface area contributed by atoms with Crippen LogP contribution in [0.4, 0.5) is 5.69 Å². The number of carbonyl (C=O) groups excluding carboxylic acids is 1. The van der Waals surface area contributed by atoms with Crippen LogP contribution in [0.15, 0.2) is 18.2 Å². The topological polar surface area (TPSA) is 75.3 Å². The lowest BCUT2D eigenvalue weighted by atomic mass is 10.0. The van der Waals surface area contributed by atoms with Crippen LogP contribution in [0.1, 0.15) is 29.3 Å². The number of fused-ring (bicyclic) bond motifs is 1. The largest absolute Gasteiger partial charge is 0.384 e. The first-order chi connectivity index (χ1) is 9.37. The highest BCUT2D eigenvalue weighted by atomic mass is 32.2. The molecule has 1 aromatic carbocycles. The second-order valence-corrected chi connectivity index (χ2v) is 8.09. The van der Waals surface area contributed by atoms with E-state index in [0.717, 1.165) is 18.7 Å².